The number of para-hydroxylation sites is 1. The number of fused-ring (bicyclic) bond motifs is 1. The van der Waals surface area contributed by atoms with E-state index in [4.69, 9.17) is 5.73 Å². The van der Waals surface area contributed by atoms with Crippen LogP contribution in [0.5, 0.6) is 0 Å². The normalized spacial score (nSPS) is 11.1. The highest BCUT2D eigenvalue weighted by molar-refractivity contribution is 5.87. The van der Waals surface area contributed by atoms with Crippen molar-refractivity contribution >= 4 is 16.7 Å². The van der Waals surface area contributed by atoms with E-state index in [-0.39, 0.29) is 0 Å². The van der Waals surface area contributed by atoms with E-state index in [1.54, 1.807) is 18.6 Å². The molecule has 0 aliphatic rings. The topological polar surface area (TPSA) is 80.8 Å². The summed E-state index contributed by atoms with van der Waals surface area (Å²) in [6.07, 6.45) is 5.11. The predicted molar refractivity (Wildman–Crippen MR) is 81.2 cm³/mol. The molecule has 0 spiro atoms. The molecule has 2 N–H and O–H groups in total. The maximum absolute atomic E-state index is 5.99. The number of hydrogen-bond donors (Lipinski definition) is 1. The summed E-state index contributed by atoms with van der Waals surface area (Å²) in [7, 11) is 1.99. The molecular formula is C15H16N6. The third kappa shape index (κ3) is 3.11. The molecule has 0 radical (unpaired) electrons. The third-order valence-corrected chi connectivity index (χ3v) is 3.14. The Bertz CT molecular complexity index is 743. The molecule has 0 amide bonds. The van der Waals surface area contributed by atoms with E-state index >= 15 is 0 Å². The van der Waals surface area contributed by atoms with Crippen LogP contribution in [0.2, 0.25) is 0 Å². The zero-order chi connectivity index (χ0) is 14.7. The van der Waals surface area contributed by atoms with Crippen LogP contribution in [0.1, 0.15) is 11.5 Å². The van der Waals surface area contributed by atoms with Gasteiger partial charge in [0.25, 0.3) is 0 Å². The number of anilines is 1. The van der Waals surface area contributed by atoms with Gasteiger partial charge in [0, 0.05) is 30.5 Å². The highest BCUT2D eigenvalue weighted by Crippen LogP contribution is 2.17. The molecule has 0 aliphatic carbocycles. The number of aromatic nitrogens is 4. The van der Waals surface area contributed by atoms with Crippen molar-refractivity contribution in [2.45, 2.75) is 13.1 Å². The molecule has 0 unspecified atom stereocenters. The molecular weight excluding hydrogens is 264 g/mol. The van der Waals surface area contributed by atoms with Gasteiger partial charge in [0.1, 0.15) is 11.6 Å². The van der Waals surface area contributed by atoms with Crippen LogP contribution in [-0.4, -0.2) is 31.9 Å². The summed E-state index contributed by atoms with van der Waals surface area (Å²) in [5.41, 5.74) is 7.77. The first-order chi connectivity index (χ1) is 10.2. The summed E-state index contributed by atoms with van der Waals surface area (Å²) in [6.45, 7) is 1.29. The van der Waals surface area contributed by atoms with Gasteiger partial charge >= 0.3 is 0 Å². The Morgan fingerprint density at radius 2 is 1.95 bits per heavy atom. The van der Waals surface area contributed by atoms with Crippen LogP contribution < -0.4 is 5.73 Å². The zero-order valence-electron chi connectivity index (χ0n) is 11.8. The minimum absolute atomic E-state index is 0.517. The van der Waals surface area contributed by atoms with Gasteiger partial charge in [-0.15, -0.1) is 0 Å². The zero-order valence-corrected chi connectivity index (χ0v) is 11.8. The van der Waals surface area contributed by atoms with Gasteiger partial charge in [-0.1, -0.05) is 12.1 Å². The van der Waals surface area contributed by atoms with Crippen molar-refractivity contribution in [3.8, 4) is 0 Å². The van der Waals surface area contributed by atoms with Gasteiger partial charge < -0.3 is 5.73 Å². The average molecular weight is 280 g/mol. The van der Waals surface area contributed by atoms with Gasteiger partial charge in [-0.25, -0.2) is 9.97 Å². The van der Waals surface area contributed by atoms with Crippen molar-refractivity contribution < 1.29 is 0 Å². The van der Waals surface area contributed by atoms with E-state index in [2.05, 4.69) is 24.8 Å². The fourth-order valence-corrected chi connectivity index (χ4v) is 2.21. The largest absolute Gasteiger partial charge is 0.383 e. The SMILES string of the molecule is CN(Cc1cnccn1)Cc1nc(N)c2ccccc2n1. The Labute approximate surface area is 122 Å². The summed E-state index contributed by atoms with van der Waals surface area (Å²) in [4.78, 5) is 19.3. The van der Waals surface area contributed by atoms with Crippen molar-refractivity contribution in [2.75, 3.05) is 12.8 Å². The van der Waals surface area contributed by atoms with E-state index in [1.165, 1.54) is 0 Å². The van der Waals surface area contributed by atoms with E-state index in [9.17, 15) is 0 Å². The first-order valence-electron chi connectivity index (χ1n) is 6.67. The van der Waals surface area contributed by atoms with Crippen molar-refractivity contribution in [2.24, 2.45) is 0 Å². The Kier molecular flexibility index (Phi) is 3.70. The van der Waals surface area contributed by atoms with E-state index in [0.717, 1.165) is 16.6 Å². The molecule has 3 rings (SSSR count). The summed E-state index contributed by atoms with van der Waals surface area (Å²) in [6, 6.07) is 7.75. The fourth-order valence-electron chi connectivity index (χ4n) is 2.21. The minimum Gasteiger partial charge on any atom is -0.383 e. The molecule has 6 heteroatoms. The molecule has 106 valence electrons. The first-order valence-corrected chi connectivity index (χ1v) is 6.67. The summed E-state index contributed by atoms with van der Waals surface area (Å²) in [5.74, 6) is 1.22. The van der Waals surface area contributed by atoms with Crippen molar-refractivity contribution in [3.63, 3.8) is 0 Å². The van der Waals surface area contributed by atoms with Crippen LogP contribution >= 0.6 is 0 Å². The second-order valence-corrected chi connectivity index (χ2v) is 4.91. The monoisotopic (exact) mass is 280 g/mol. The molecule has 0 saturated heterocycles. The summed E-state index contributed by atoms with van der Waals surface area (Å²) >= 11 is 0. The van der Waals surface area contributed by atoms with Crippen LogP contribution in [0.25, 0.3) is 10.9 Å². The van der Waals surface area contributed by atoms with Crippen LogP contribution in [0.15, 0.2) is 42.9 Å². The second kappa shape index (κ2) is 5.80. The molecule has 0 fully saturated rings. The van der Waals surface area contributed by atoms with Gasteiger partial charge in [0.05, 0.1) is 17.8 Å². The molecule has 2 aromatic heterocycles. The average Bonchev–Trinajstić information content (AvgIpc) is 2.48. The first kappa shape index (κ1) is 13.4. The lowest BCUT2D eigenvalue weighted by molar-refractivity contribution is 0.307. The Hall–Kier alpha value is -2.60. The fraction of sp³-hybridized carbons (Fsp3) is 0.200. The molecule has 3 aromatic rings. The predicted octanol–water partition coefficient (Wildman–Crippen LogP) is 1.63. The lowest BCUT2D eigenvalue weighted by Crippen LogP contribution is -2.20. The highest BCUT2D eigenvalue weighted by Gasteiger charge is 2.08. The highest BCUT2D eigenvalue weighted by atomic mass is 15.1. The summed E-state index contributed by atoms with van der Waals surface area (Å²) < 4.78 is 0. The Balaban J connectivity index is 1.78. The number of hydrogen-bond acceptors (Lipinski definition) is 6. The lowest BCUT2D eigenvalue weighted by Gasteiger charge is -2.15. The van der Waals surface area contributed by atoms with Crippen molar-refractivity contribution in [1.82, 2.24) is 24.8 Å². The number of nitrogen functional groups attached to an aromatic ring is 1. The van der Waals surface area contributed by atoms with E-state index in [0.29, 0.717) is 24.7 Å². The van der Waals surface area contributed by atoms with Gasteiger partial charge in [-0.2, -0.15) is 0 Å². The van der Waals surface area contributed by atoms with Crippen LogP contribution in [-0.2, 0) is 13.1 Å². The van der Waals surface area contributed by atoms with Gasteiger partial charge in [-0.3, -0.25) is 14.9 Å². The molecule has 0 bridgehead atoms. The molecule has 0 atom stereocenters. The number of benzene rings is 1. The quantitative estimate of drug-likeness (QED) is 0.782. The number of nitrogens with zero attached hydrogens (tertiary/aromatic N) is 5. The van der Waals surface area contributed by atoms with E-state index in [1.807, 2.05) is 31.3 Å². The number of nitrogens with two attached hydrogens (primary N) is 1. The molecule has 6 nitrogen and oxygen atoms in total. The van der Waals surface area contributed by atoms with Gasteiger partial charge in [0.2, 0.25) is 0 Å². The second-order valence-electron chi connectivity index (χ2n) is 4.91. The smallest absolute Gasteiger partial charge is 0.145 e. The maximum Gasteiger partial charge on any atom is 0.145 e. The van der Waals surface area contributed by atoms with Crippen molar-refractivity contribution in [1.29, 1.82) is 0 Å². The molecule has 2 heterocycles. The Morgan fingerprint density at radius 3 is 2.76 bits per heavy atom. The van der Waals surface area contributed by atoms with Crippen LogP contribution in [0.3, 0.4) is 0 Å². The Morgan fingerprint density at radius 1 is 1.10 bits per heavy atom. The standard InChI is InChI=1S/C15H16N6/c1-21(9-11-8-17-6-7-18-11)10-14-19-13-5-3-2-4-12(13)15(16)20-14/h2-8H,9-10H2,1H3,(H2,16,19,20). The molecule has 21 heavy (non-hydrogen) atoms. The molecule has 0 aliphatic heterocycles. The van der Waals surface area contributed by atoms with Crippen LogP contribution in [0, 0.1) is 0 Å². The minimum atomic E-state index is 0.517. The number of rotatable bonds is 4. The van der Waals surface area contributed by atoms with E-state index < -0.39 is 0 Å². The van der Waals surface area contributed by atoms with Crippen molar-refractivity contribution in [3.05, 3.63) is 54.4 Å². The molecule has 1 aromatic carbocycles. The molecule has 0 saturated carbocycles. The third-order valence-electron chi connectivity index (χ3n) is 3.14. The lowest BCUT2D eigenvalue weighted by atomic mass is 10.2. The summed E-state index contributed by atoms with van der Waals surface area (Å²) in [5, 5.41) is 0.887. The van der Waals surface area contributed by atoms with Crippen LogP contribution in [0.4, 0.5) is 5.82 Å². The van der Waals surface area contributed by atoms with Gasteiger partial charge in [0.15, 0.2) is 0 Å². The maximum atomic E-state index is 5.99. The van der Waals surface area contributed by atoms with Gasteiger partial charge in [-0.05, 0) is 19.2 Å².